The Labute approximate surface area is 84.3 Å². The number of nitrogens with one attached hydrogen (secondary N) is 1. The topological polar surface area (TPSA) is 55.1 Å². The molecule has 0 saturated heterocycles. The summed E-state index contributed by atoms with van der Waals surface area (Å²) in [5, 5.41) is 2.81. The van der Waals surface area contributed by atoms with E-state index >= 15 is 0 Å². The molecule has 0 heterocycles. The van der Waals surface area contributed by atoms with Crippen LogP contribution in [0.3, 0.4) is 0 Å². The maximum absolute atomic E-state index is 11.5. The quantitative estimate of drug-likeness (QED) is 0.705. The van der Waals surface area contributed by atoms with Crippen molar-refractivity contribution >= 4 is 17.3 Å². The van der Waals surface area contributed by atoms with E-state index < -0.39 is 0 Å². The van der Waals surface area contributed by atoms with Crippen LogP contribution in [-0.4, -0.2) is 5.91 Å². The highest BCUT2D eigenvalue weighted by atomic mass is 16.1. The Balaban J connectivity index is 2.91. The fourth-order valence-corrected chi connectivity index (χ4v) is 1.13. The minimum Gasteiger partial charge on any atom is -0.397 e. The Kier molecular flexibility index (Phi) is 3.12. The summed E-state index contributed by atoms with van der Waals surface area (Å²) < 4.78 is 0. The smallest absolute Gasteiger partial charge is 0.226 e. The summed E-state index contributed by atoms with van der Waals surface area (Å²) in [6, 6.07) is 5.57. The SMILES string of the molecule is Cc1cccc(N)c1NC(=O)C(C)C. The van der Waals surface area contributed by atoms with Crippen LogP contribution in [0.1, 0.15) is 19.4 Å². The third-order valence-corrected chi connectivity index (χ3v) is 2.08. The summed E-state index contributed by atoms with van der Waals surface area (Å²) in [5.41, 5.74) is 8.08. The summed E-state index contributed by atoms with van der Waals surface area (Å²) in [5.74, 6) is -0.0417. The molecule has 3 nitrogen and oxygen atoms in total. The van der Waals surface area contributed by atoms with Crippen molar-refractivity contribution in [1.82, 2.24) is 0 Å². The van der Waals surface area contributed by atoms with Crippen molar-refractivity contribution in [3.63, 3.8) is 0 Å². The molecule has 1 aromatic carbocycles. The number of carbonyl (C=O) groups excluding carboxylic acids is 1. The molecule has 0 fully saturated rings. The second-order valence-corrected chi connectivity index (χ2v) is 3.68. The number of aryl methyl sites for hydroxylation is 1. The lowest BCUT2D eigenvalue weighted by Gasteiger charge is -2.12. The van der Waals surface area contributed by atoms with E-state index in [4.69, 9.17) is 5.73 Å². The molecule has 1 amide bonds. The average molecular weight is 192 g/mol. The largest absolute Gasteiger partial charge is 0.397 e. The molecule has 0 radical (unpaired) electrons. The van der Waals surface area contributed by atoms with Crippen molar-refractivity contribution < 1.29 is 4.79 Å². The van der Waals surface area contributed by atoms with Gasteiger partial charge >= 0.3 is 0 Å². The van der Waals surface area contributed by atoms with Crippen molar-refractivity contribution in [3.05, 3.63) is 23.8 Å². The molecule has 14 heavy (non-hydrogen) atoms. The van der Waals surface area contributed by atoms with E-state index in [2.05, 4.69) is 5.32 Å². The van der Waals surface area contributed by atoms with Gasteiger partial charge in [0.25, 0.3) is 0 Å². The molecule has 0 atom stereocenters. The average Bonchev–Trinajstić information content (AvgIpc) is 2.11. The van der Waals surface area contributed by atoms with E-state index in [1.807, 2.05) is 32.9 Å². The predicted octanol–water partition coefficient (Wildman–Crippen LogP) is 2.17. The molecule has 0 unspecified atom stereocenters. The third kappa shape index (κ3) is 2.25. The number of rotatable bonds is 2. The Morgan fingerprint density at radius 1 is 1.43 bits per heavy atom. The van der Waals surface area contributed by atoms with Crippen molar-refractivity contribution in [2.24, 2.45) is 5.92 Å². The van der Waals surface area contributed by atoms with Crippen LogP contribution in [-0.2, 0) is 4.79 Å². The molecule has 0 aliphatic rings. The van der Waals surface area contributed by atoms with Crippen LogP contribution >= 0.6 is 0 Å². The summed E-state index contributed by atoms with van der Waals surface area (Å²) in [4.78, 5) is 11.5. The first-order chi connectivity index (χ1) is 6.52. The molecule has 0 bridgehead atoms. The minimum absolute atomic E-state index is 0.00833. The molecule has 3 N–H and O–H groups in total. The van der Waals surface area contributed by atoms with Gasteiger partial charge in [-0.25, -0.2) is 0 Å². The lowest BCUT2D eigenvalue weighted by molar-refractivity contribution is -0.118. The number of nitrogen functional groups attached to an aromatic ring is 1. The fourth-order valence-electron chi connectivity index (χ4n) is 1.13. The first kappa shape index (κ1) is 10.6. The molecular formula is C11H16N2O. The maximum atomic E-state index is 11.5. The molecule has 3 heteroatoms. The Morgan fingerprint density at radius 3 is 2.57 bits per heavy atom. The first-order valence-electron chi connectivity index (χ1n) is 4.68. The number of carbonyl (C=O) groups is 1. The van der Waals surface area contributed by atoms with Gasteiger partial charge in [0.1, 0.15) is 0 Å². The Hall–Kier alpha value is -1.51. The van der Waals surface area contributed by atoms with Gasteiger partial charge in [0.05, 0.1) is 11.4 Å². The van der Waals surface area contributed by atoms with Crippen molar-refractivity contribution in [3.8, 4) is 0 Å². The van der Waals surface area contributed by atoms with E-state index in [1.165, 1.54) is 0 Å². The lowest BCUT2D eigenvalue weighted by Crippen LogP contribution is -2.19. The van der Waals surface area contributed by atoms with Crippen molar-refractivity contribution in [1.29, 1.82) is 0 Å². The summed E-state index contributed by atoms with van der Waals surface area (Å²) in [6.07, 6.45) is 0. The van der Waals surface area contributed by atoms with E-state index in [1.54, 1.807) is 6.07 Å². The molecule has 0 aliphatic heterocycles. The van der Waals surface area contributed by atoms with Gasteiger partial charge in [0.2, 0.25) is 5.91 Å². The predicted molar refractivity (Wildman–Crippen MR) is 59.1 cm³/mol. The molecule has 1 aromatic rings. The highest BCUT2D eigenvalue weighted by Gasteiger charge is 2.10. The van der Waals surface area contributed by atoms with Gasteiger partial charge in [0.15, 0.2) is 0 Å². The van der Waals surface area contributed by atoms with Crippen LogP contribution in [0.25, 0.3) is 0 Å². The van der Waals surface area contributed by atoms with Gasteiger partial charge in [0, 0.05) is 5.92 Å². The van der Waals surface area contributed by atoms with Crippen LogP contribution < -0.4 is 11.1 Å². The molecular weight excluding hydrogens is 176 g/mol. The normalized spacial score (nSPS) is 10.3. The number of amides is 1. The highest BCUT2D eigenvalue weighted by Crippen LogP contribution is 2.22. The maximum Gasteiger partial charge on any atom is 0.226 e. The van der Waals surface area contributed by atoms with E-state index in [-0.39, 0.29) is 11.8 Å². The number of hydrogen-bond acceptors (Lipinski definition) is 2. The number of nitrogens with two attached hydrogens (primary N) is 1. The second-order valence-electron chi connectivity index (χ2n) is 3.68. The Morgan fingerprint density at radius 2 is 2.07 bits per heavy atom. The zero-order valence-electron chi connectivity index (χ0n) is 8.79. The zero-order valence-corrected chi connectivity index (χ0v) is 8.79. The van der Waals surface area contributed by atoms with E-state index in [0.29, 0.717) is 5.69 Å². The van der Waals surface area contributed by atoms with Crippen LogP contribution in [0.15, 0.2) is 18.2 Å². The van der Waals surface area contributed by atoms with E-state index in [9.17, 15) is 4.79 Å². The molecule has 0 aromatic heterocycles. The molecule has 0 aliphatic carbocycles. The summed E-state index contributed by atoms with van der Waals surface area (Å²) >= 11 is 0. The monoisotopic (exact) mass is 192 g/mol. The van der Waals surface area contributed by atoms with Crippen molar-refractivity contribution in [2.75, 3.05) is 11.1 Å². The van der Waals surface area contributed by atoms with Gasteiger partial charge in [-0.15, -0.1) is 0 Å². The summed E-state index contributed by atoms with van der Waals surface area (Å²) in [7, 11) is 0. The molecule has 0 saturated carbocycles. The first-order valence-corrected chi connectivity index (χ1v) is 4.68. The zero-order chi connectivity index (χ0) is 10.7. The number of benzene rings is 1. The van der Waals surface area contributed by atoms with Crippen LogP contribution in [0.4, 0.5) is 11.4 Å². The molecule has 76 valence electrons. The van der Waals surface area contributed by atoms with Gasteiger partial charge in [-0.2, -0.15) is 0 Å². The van der Waals surface area contributed by atoms with Gasteiger partial charge < -0.3 is 11.1 Å². The number of para-hydroxylation sites is 1. The highest BCUT2D eigenvalue weighted by molar-refractivity contribution is 5.95. The van der Waals surface area contributed by atoms with Crippen LogP contribution in [0, 0.1) is 12.8 Å². The Bertz CT molecular complexity index is 325. The van der Waals surface area contributed by atoms with Gasteiger partial charge in [-0.3, -0.25) is 4.79 Å². The van der Waals surface area contributed by atoms with Gasteiger partial charge in [-0.05, 0) is 18.6 Å². The van der Waals surface area contributed by atoms with Crippen molar-refractivity contribution in [2.45, 2.75) is 20.8 Å². The number of anilines is 2. The second kappa shape index (κ2) is 4.13. The van der Waals surface area contributed by atoms with Crippen LogP contribution in [0.2, 0.25) is 0 Å². The molecule has 1 rings (SSSR count). The third-order valence-electron chi connectivity index (χ3n) is 2.08. The fraction of sp³-hybridized carbons (Fsp3) is 0.364. The standard InChI is InChI=1S/C11H16N2O/c1-7(2)11(14)13-10-8(3)5-4-6-9(10)12/h4-7H,12H2,1-3H3,(H,13,14). The van der Waals surface area contributed by atoms with Gasteiger partial charge in [-0.1, -0.05) is 26.0 Å². The van der Waals surface area contributed by atoms with Crippen LogP contribution in [0.5, 0.6) is 0 Å². The molecule has 0 spiro atoms. The number of hydrogen-bond donors (Lipinski definition) is 2. The summed E-state index contributed by atoms with van der Waals surface area (Å²) in [6.45, 7) is 5.62. The minimum atomic E-state index is -0.0333. The lowest BCUT2D eigenvalue weighted by atomic mass is 10.1. The van der Waals surface area contributed by atoms with E-state index in [0.717, 1.165) is 11.3 Å².